The molecule has 0 saturated carbocycles. The Morgan fingerprint density at radius 1 is 0.818 bits per heavy atom. The molecule has 1 radical (unpaired) electrons. The molecule has 4 nitrogen and oxygen atoms in total. The van der Waals surface area contributed by atoms with Crippen LogP contribution in [0.2, 0.25) is 0 Å². The number of fused-ring (bicyclic) bond motifs is 1. The Morgan fingerprint density at radius 3 is 1.85 bits per heavy atom. The van der Waals surface area contributed by atoms with Gasteiger partial charge in [-0.05, 0) is 64.0 Å². The van der Waals surface area contributed by atoms with Crippen molar-refractivity contribution >= 4 is 11.0 Å². The van der Waals surface area contributed by atoms with Gasteiger partial charge in [0, 0.05) is 31.5 Å². The Hall–Kier alpha value is -1.65. The number of rotatable bonds is 7. The summed E-state index contributed by atoms with van der Waals surface area (Å²) in [5, 5.41) is 17.1. The fraction of sp³-hybridized carbons (Fsp3) is 0.500. The Labute approximate surface area is 213 Å². The van der Waals surface area contributed by atoms with E-state index < -0.39 is 0 Å². The molecule has 33 heavy (non-hydrogen) atoms. The summed E-state index contributed by atoms with van der Waals surface area (Å²) in [7, 11) is 0. The van der Waals surface area contributed by atoms with Crippen molar-refractivity contribution < 1.29 is 30.3 Å². The van der Waals surface area contributed by atoms with Gasteiger partial charge in [0.1, 0.15) is 0 Å². The zero-order valence-electron chi connectivity index (χ0n) is 21.0. The summed E-state index contributed by atoms with van der Waals surface area (Å²) in [5.74, 6) is 1.24. The largest absolute Gasteiger partial charge is 0.393 e. The van der Waals surface area contributed by atoms with E-state index in [2.05, 4.69) is 45.9 Å². The molecule has 0 fully saturated rings. The Morgan fingerprint density at radius 2 is 1.36 bits per heavy atom. The second-order valence-corrected chi connectivity index (χ2v) is 9.70. The SMILES string of the molecule is CC(O)CC(C)O.Cc1nc2ccccc2nc1-c1[c-]c(CC(C)C)cc(CC(C)C)c1.[Ir]. The minimum atomic E-state index is -0.375. The minimum absolute atomic E-state index is 0. The number of aliphatic hydroxyl groups is 2. The van der Waals surface area contributed by atoms with Gasteiger partial charge in [0.25, 0.3) is 0 Å². The molecule has 0 amide bonds. The maximum Gasteiger partial charge on any atom is 0.0870 e. The third-order valence-corrected chi connectivity index (χ3v) is 4.94. The second kappa shape index (κ2) is 13.9. The van der Waals surface area contributed by atoms with Gasteiger partial charge in [-0.1, -0.05) is 39.8 Å². The van der Waals surface area contributed by atoms with Gasteiger partial charge in [-0.15, -0.1) is 34.9 Å². The van der Waals surface area contributed by atoms with Crippen LogP contribution >= 0.6 is 0 Å². The van der Waals surface area contributed by atoms with Crippen LogP contribution < -0.4 is 0 Å². The van der Waals surface area contributed by atoms with Crippen LogP contribution in [0.5, 0.6) is 0 Å². The molecule has 0 aliphatic carbocycles. The van der Waals surface area contributed by atoms with E-state index in [9.17, 15) is 0 Å². The topological polar surface area (TPSA) is 66.2 Å². The summed E-state index contributed by atoms with van der Waals surface area (Å²) in [5.41, 5.74) is 7.53. The molecule has 0 aliphatic rings. The van der Waals surface area contributed by atoms with E-state index in [-0.39, 0.29) is 32.3 Å². The van der Waals surface area contributed by atoms with E-state index in [1.807, 2.05) is 31.2 Å². The first-order valence-electron chi connectivity index (χ1n) is 11.7. The van der Waals surface area contributed by atoms with E-state index in [1.165, 1.54) is 11.1 Å². The normalized spacial score (nSPS) is 12.8. The number of nitrogens with zero attached hydrogens (tertiary/aromatic N) is 2. The molecular formula is C28H39IrN2O2-. The fourth-order valence-electron chi connectivity index (χ4n) is 3.80. The monoisotopic (exact) mass is 628 g/mol. The van der Waals surface area contributed by atoms with Gasteiger partial charge in [0.05, 0.1) is 23.2 Å². The summed E-state index contributed by atoms with van der Waals surface area (Å²) in [6.07, 6.45) is 1.84. The molecule has 2 N–H and O–H groups in total. The van der Waals surface area contributed by atoms with Crippen LogP contribution in [0.1, 0.15) is 64.8 Å². The molecular weight excluding hydrogens is 589 g/mol. The van der Waals surface area contributed by atoms with Crippen molar-refractivity contribution in [2.24, 2.45) is 11.8 Å². The number of para-hydroxylation sites is 2. The molecule has 0 saturated heterocycles. The van der Waals surface area contributed by atoms with Crippen molar-refractivity contribution in [1.82, 2.24) is 9.97 Å². The van der Waals surface area contributed by atoms with Crippen molar-refractivity contribution in [1.29, 1.82) is 0 Å². The smallest absolute Gasteiger partial charge is 0.0870 e. The number of aryl methyl sites for hydroxylation is 1. The first kappa shape index (κ1) is 29.4. The first-order valence-corrected chi connectivity index (χ1v) is 11.7. The van der Waals surface area contributed by atoms with Crippen molar-refractivity contribution in [3.05, 3.63) is 59.3 Å². The van der Waals surface area contributed by atoms with Crippen molar-refractivity contribution in [2.75, 3.05) is 0 Å². The van der Waals surface area contributed by atoms with Gasteiger partial charge in [-0.3, -0.25) is 9.97 Å². The second-order valence-electron chi connectivity index (χ2n) is 9.70. The summed E-state index contributed by atoms with van der Waals surface area (Å²) in [4.78, 5) is 9.64. The van der Waals surface area contributed by atoms with E-state index in [0.29, 0.717) is 18.3 Å². The predicted molar refractivity (Wildman–Crippen MR) is 134 cm³/mol. The predicted octanol–water partition coefficient (Wildman–Crippen LogP) is 5.94. The van der Waals surface area contributed by atoms with Crippen LogP contribution in [-0.2, 0) is 32.9 Å². The average molecular weight is 628 g/mol. The van der Waals surface area contributed by atoms with Crippen LogP contribution in [0.15, 0.2) is 36.4 Å². The molecule has 0 spiro atoms. The molecule has 1 aromatic heterocycles. The fourth-order valence-corrected chi connectivity index (χ4v) is 3.80. The summed E-state index contributed by atoms with van der Waals surface area (Å²) in [6, 6.07) is 16.2. The van der Waals surface area contributed by atoms with Crippen LogP contribution in [0, 0.1) is 24.8 Å². The first-order chi connectivity index (χ1) is 15.0. The van der Waals surface area contributed by atoms with Gasteiger partial charge < -0.3 is 10.2 Å². The summed E-state index contributed by atoms with van der Waals surface area (Å²) in [6.45, 7) is 14.4. The maximum atomic E-state index is 8.56. The Balaban J connectivity index is 0.000000595. The third-order valence-electron chi connectivity index (χ3n) is 4.94. The molecule has 2 aromatic carbocycles. The van der Waals surface area contributed by atoms with Crippen molar-refractivity contribution in [3.63, 3.8) is 0 Å². The van der Waals surface area contributed by atoms with E-state index in [0.717, 1.165) is 40.8 Å². The molecule has 183 valence electrons. The summed E-state index contributed by atoms with van der Waals surface area (Å²) < 4.78 is 0. The van der Waals surface area contributed by atoms with E-state index >= 15 is 0 Å². The molecule has 1 heterocycles. The quantitative estimate of drug-likeness (QED) is 0.319. The van der Waals surface area contributed by atoms with Gasteiger partial charge in [-0.25, -0.2) is 0 Å². The number of benzene rings is 2. The van der Waals surface area contributed by atoms with Crippen LogP contribution in [0.3, 0.4) is 0 Å². The van der Waals surface area contributed by atoms with Gasteiger partial charge in [0.15, 0.2) is 0 Å². The van der Waals surface area contributed by atoms with Gasteiger partial charge in [0.2, 0.25) is 0 Å². The Bertz CT molecular complexity index is 966. The van der Waals surface area contributed by atoms with Crippen molar-refractivity contribution in [3.8, 4) is 11.3 Å². The zero-order valence-corrected chi connectivity index (χ0v) is 23.4. The number of hydrogen-bond donors (Lipinski definition) is 2. The molecule has 2 atom stereocenters. The van der Waals surface area contributed by atoms with E-state index in [4.69, 9.17) is 20.2 Å². The number of aliphatic hydroxyl groups excluding tert-OH is 2. The van der Waals surface area contributed by atoms with Gasteiger partial charge in [-0.2, -0.15) is 0 Å². The van der Waals surface area contributed by atoms with E-state index in [1.54, 1.807) is 13.8 Å². The third kappa shape index (κ3) is 10.0. The van der Waals surface area contributed by atoms with Crippen LogP contribution in [0.4, 0.5) is 0 Å². The maximum absolute atomic E-state index is 8.56. The number of hydrogen-bond acceptors (Lipinski definition) is 4. The molecule has 3 aromatic rings. The van der Waals surface area contributed by atoms with Crippen molar-refractivity contribution in [2.45, 2.75) is 79.9 Å². The van der Waals surface area contributed by atoms with Crippen LogP contribution in [-0.4, -0.2) is 32.4 Å². The average Bonchev–Trinajstić information content (AvgIpc) is 2.65. The van der Waals surface area contributed by atoms with Crippen LogP contribution in [0.25, 0.3) is 22.3 Å². The molecule has 2 unspecified atom stereocenters. The Kier molecular flexibility index (Phi) is 12.4. The molecule has 0 bridgehead atoms. The summed E-state index contributed by atoms with van der Waals surface area (Å²) >= 11 is 0. The minimum Gasteiger partial charge on any atom is -0.393 e. The molecule has 5 heteroatoms. The number of aromatic nitrogens is 2. The van der Waals surface area contributed by atoms with Gasteiger partial charge >= 0.3 is 0 Å². The standard InChI is InChI=1S/C23H27N2.C5H12O2.Ir/c1-15(2)10-18-12-19(11-16(3)4)14-20(13-18)23-17(5)24-21-8-6-7-9-22(21)25-23;1-4(6)3-5(2)7;/h6-9,12-13,15-16H,10-11H2,1-5H3;4-7H,3H2,1-2H3;/q-1;;. The zero-order chi connectivity index (χ0) is 23.8. The molecule has 0 aliphatic heterocycles. The molecule has 3 rings (SSSR count).